The van der Waals surface area contributed by atoms with Gasteiger partial charge in [-0.2, -0.15) is 11.3 Å². The quantitative estimate of drug-likeness (QED) is 0.915. The summed E-state index contributed by atoms with van der Waals surface area (Å²) in [5, 5.41) is 4.10. The number of halogens is 1. The van der Waals surface area contributed by atoms with Crippen molar-refractivity contribution in [2.75, 3.05) is 11.9 Å². The molecule has 18 heavy (non-hydrogen) atoms. The third-order valence-electron chi connectivity index (χ3n) is 2.91. The average molecular weight is 264 g/mol. The summed E-state index contributed by atoms with van der Waals surface area (Å²) in [6.07, 6.45) is 0. The SMILES string of the molecule is CC(N)c1ccc(N(C)Cc2ccsc2)c(F)c1. The van der Waals surface area contributed by atoms with Crippen molar-refractivity contribution in [2.24, 2.45) is 5.73 Å². The van der Waals surface area contributed by atoms with E-state index >= 15 is 0 Å². The summed E-state index contributed by atoms with van der Waals surface area (Å²) in [6, 6.07) is 7.10. The molecule has 0 radical (unpaired) electrons. The van der Waals surface area contributed by atoms with E-state index < -0.39 is 0 Å². The van der Waals surface area contributed by atoms with E-state index in [1.165, 1.54) is 11.6 Å². The second kappa shape index (κ2) is 5.50. The number of benzene rings is 1. The molecule has 96 valence electrons. The minimum Gasteiger partial charge on any atom is -0.368 e. The van der Waals surface area contributed by atoms with Crippen molar-refractivity contribution in [3.05, 3.63) is 52.0 Å². The first-order valence-corrected chi connectivity index (χ1v) is 6.79. The van der Waals surface area contributed by atoms with E-state index in [0.29, 0.717) is 12.2 Å². The van der Waals surface area contributed by atoms with Gasteiger partial charge in [0, 0.05) is 19.6 Å². The van der Waals surface area contributed by atoms with Gasteiger partial charge in [-0.3, -0.25) is 0 Å². The lowest BCUT2D eigenvalue weighted by atomic mass is 10.1. The molecule has 0 aliphatic rings. The van der Waals surface area contributed by atoms with Gasteiger partial charge in [-0.1, -0.05) is 6.07 Å². The number of nitrogens with two attached hydrogens (primary N) is 1. The lowest BCUT2D eigenvalue weighted by Crippen LogP contribution is -2.17. The van der Waals surface area contributed by atoms with E-state index in [9.17, 15) is 4.39 Å². The lowest BCUT2D eigenvalue weighted by Gasteiger charge is -2.20. The van der Waals surface area contributed by atoms with Gasteiger partial charge >= 0.3 is 0 Å². The third kappa shape index (κ3) is 2.89. The molecule has 0 amide bonds. The van der Waals surface area contributed by atoms with Crippen LogP contribution in [0.1, 0.15) is 24.1 Å². The molecule has 0 bridgehead atoms. The summed E-state index contributed by atoms with van der Waals surface area (Å²) < 4.78 is 14.0. The number of nitrogens with zero attached hydrogens (tertiary/aromatic N) is 1. The molecule has 1 aromatic carbocycles. The Kier molecular flexibility index (Phi) is 3.99. The molecule has 0 fully saturated rings. The summed E-state index contributed by atoms with van der Waals surface area (Å²) in [5.41, 5.74) is 8.35. The van der Waals surface area contributed by atoms with E-state index in [1.807, 2.05) is 30.3 Å². The highest BCUT2D eigenvalue weighted by molar-refractivity contribution is 7.07. The van der Waals surface area contributed by atoms with E-state index in [-0.39, 0.29) is 11.9 Å². The van der Waals surface area contributed by atoms with E-state index in [4.69, 9.17) is 5.73 Å². The Morgan fingerprint density at radius 1 is 1.39 bits per heavy atom. The smallest absolute Gasteiger partial charge is 0.146 e. The maximum atomic E-state index is 14.0. The molecule has 1 unspecified atom stereocenters. The molecule has 4 heteroatoms. The molecular formula is C14H17FN2S. The number of rotatable bonds is 4. The maximum absolute atomic E-state index is 14.0. The zero-order chi connectivity index (χ0) is 13.1. The topological polar surface area (TPSA) is 29.3 Å². The highest BCUT2D eigenvalue weighted by Crippen LogP contribution is 2.23. The summed E-state index contributed by atoms with van der Waals surface area (Å²) in [4.78, 5) is 1.91. The predicted octanol–water partition coefficient (Wildman–Crippen LogP) is 3.54. The van der Waals surface area contributed by atoms with Crippen LogP contribution < -0.4 is 10.6 Å². The summed E-state index contributed by atoms with van der Waals surface area (Å²) >= 11 is 1.65. The Morgan fingerprint density at radius 2 is 2.17 bits per heavy atom. The molecule has 0 aliphatic carbocycles. The fraction of sp³-hybridized carbons (Fsp3) is 0.286. The standard InChI is InChI=1S/C14H17FN2S/c1-10(16)12-3-4-14(13(15)7-12)17(2)8-11-5-6-18-9-11/h3-7,9-10H,8,16H2,1-2H3. The summed E-state index contributed by atoms with van der Waals surface area (Å²) in [6.45, 7) is 2.56. The van der Waals surface area contributed by atoms with Crippen molar-refractivity contribution in [2.45, 2.75) is 19.5 Å². The lowest BCUT2D eigenvalue weighted by molar-refractivity contribution is 0.617. The van der Waals surface area contributed by atoms with Crippen molar-refractivity contribution in [3.63, 3.8) is 0 Å². The van der Waals surface area contributed by atoms with E-state index in [1.54, 1.807) is 17.4 Å². The van der Waals surface area contributed by atoms with Gasteiger partial charge in [0.1, 0.15) is 5.82 Å². The minimum absolute atomic E-state index is 0.143. The number of hydrogen-bond donors (Lipinski definition) is 1. The molecule has 1 atom stereocenters. The fourth-order valence-corrected chi connectivity index (χ4v) is 2.52. The van der Waals surface area contributed by atoms with E-state index in [2.05, 4.69) is 11.4 Å². The van der Waals surface area contributed by atoms with Gasteiger partial charge in [-0.25, -0.2) is 4.39 Å². The fourth-order valence-electron chi connectivity index (χ4n) is 1.86. The van der Waals surface area contributed by atoms with Crippen LogP contribution in [-0.4, -0.2) is 7.05 Å². The number of hydrogen-bond acceptors (Lipinski definition) is 3. The highest BCUT2D eigenvalue weighted by Gasteiger charge is 2.10. The van der Waals surface area contributed by atoms with Gasteiger partial charge in [0.25, 0.3) is 0 Å². The second-order valence-corrected chi connectivity index (χ2v) is 5.27. The maximum Gasteiger partial charge on any atom is 0.146 e. The molecule has 1 heterocycles. The van der Waals surface area contributed by atoms with Crippen molar-refractivity contribution in [1.29, 1.82) is 0 Å². The Bertz CT molecular complexity index is 509. The van der Waals surface area contributed by atoms with Gasteiger partial charge in [-0.05, 0) is 47.0 Å². The third-order valence-corrected chi connectivity index (χ3v) is 3.64. The van der Waals surface area contributed by atoms with Gasteiger partial charge in [0.15, 0.2) is 0 Å². The van der Waals surface area contributed by atoms with Crippen LogP contribution in [0.3, 0.4) is 0 Å². The van der Waals surface area contributed by atoms with Crippen LogP contribution >= 0.6 is 11.3 Å². The van der Waals surface area contributed by atoms with Crippen molar-refractivity contribution in [3.8, 4) is 0 Å². The molecule has 2 aromatic rings. The van der Waals surface area contributed by atoms with Crippen LogP contribution in [0, 0.1) is 5.82 Å². The molecule has 2 rings (SSSR count). The van der Waals surface area contributed by atoms with Crippen LogP contribution in [-0.2, 0) is 6.54 Å². The summed E-state index contributed by atoms with van der Waals surface area (Å²) in [5.74, 6) is -0.220. The largest absolute Gasteiger partial charge is 0.368 e. The number of thiophene rings is 1. The van der Waals surface area contributed by atoms with Gasteiger partial charge in [0.05, 0.1) is 5.69 Å². The Hall–Kier alpha value is -1.39. The van der Waals surface area contributed by atoms with Crippen LogP contribution in [0.5, 0.6) is 0 Å². The molecule has 0 saturated heterocycles. The van der Waals surface area contributed by atoms with Crippen molar-refractivity contribution in [1.82, 2.24) is 0 Å². The Balaban J connectivity index is 2.17. The van der Waals surface area contributed by atoms with Crippen LogP contribution in [0.4, 0.5) is 10.1 Å². The molecular weight excluding hydrogens is 247 g/mol. The first-order chi connectivity index (χ1) is 8.58. The molecule has 1 aromatic heterocycles. The molecule has 0 aliphatic heterocycles. The number of anilines is 1. The summed E-state index contributed by atoms with van der Waals surface area (Å²) in [7, 11) is 1.89. The zero-order valence-electron chi connectivity index (χ0n) is 10.6. The first kappa shape index (κ1) is 13.1. The van der Waals surface area contributed by atoms with Gasteiger partial charge < -0.3 is 10.6 Å². The first-order valence-electron chi connectivity index (χ1n) is 5.85. The van der Waals surface area contributed by atoms with Crippen molar-refractivity contribution >= 4 is 17.0 Å². The van der Waals surface area contributed by atoms with Crippen molar-refractivity contribution < 1.29 is 4.39 Å². The van der Waals surface area contributed by atoms with Crippen LogP contribution in [0.2, 0.25) is 0 Å². The average Bonchev–Trinajstić information content (AvgIpc) is 2.81. The van der Waals surface area contributed by atoms with Gasteiger partial charge in [-0.15, -0.1) is 0 Å². The molecule has 0 spiro atoms. The normalized spacial score (nSPS) is 12.4. The second-order valence-electron chi connectivity index (χ2n) is 4.49. The van der Waals surface area contributed by atoms with E-state index in [0.717, 1.165) is 5.56 Å². The van der Waals surface area contributed by atoms with Gasteiger partial charge in [0.2, 0.25) is 0 Å². The Labute approximate surface area is 111 Å². The van der Waals surface area contributed by atoms with Crippen LogP contribution in [0.25, 0.3) is 0 Å². The zero-order valence-corrected chi connectivity index (χ0v) is 11.4. The highest BCUT2D eigenvalue weighted by atomic mass is 32.1. The molecule has 0 saturated carbocycles. The molecule has 2 nitrogen and oxygen atoms in total. The monoisotopic (exact) mass is 264 g/mol. The predicted molar refractivity (Wildman–Crippen MR) is 75.4 cm³/mol. The van der Waals surface area contributed by atoms with Crippen LogP contribution in [0.15, 0.2) is 35.0 Å². The molecule has 2 N–H and O–H groups in total. The minimum atomic E-state index is -0.220. The Morgan fingerprint density at radius 3 is 2.72 bits per heavy atom.